The van der Waals surface area contributed by atoms with Gasteiger partial charge in [-0.05, 0) is 35.9 Å². The molecule has 0 saturated carbocycles. The maximum absolute atomic E-state index is 13.2. The molecule has 0 bridgehead atoms. The number of benzene rings is 2. The normalized spacial score (nSPS) is 10.3. The van der Waals surface area contributed by atoms with Gasteiger partial charge >= 0.3 is 5.97 Å². The third kappa shape index (κ3) is 3.40. The van der Waals surface area contributed by atoms with Crippen LogP contribution in [-0.4, -0.2) is 5.97 Å². The average molecular weight is 314 g/mol. The number of carbonyl (C=O) groups is 1. The van der Waals surface area contributed by atoms with Gasteiger partial charge in [-0.3, -0.25) is 0 Å². The average Bonchev–Trinajstić information content (AvgIpc) is 2.40. The van der Waals surface area contributed by atoms with Crippen LogP contribution in [0, 0.1) is 5.82 Å². The smallest absolute Gasteiger partial charge is 0.339 e. The van der Waals surface area contributed by atoms with Crippen molar-refractivity contribution in [1.82, 2.24) is 0 Å². The predicted octanol–water partition coefficient (Wildman–Crippen LogP) is 4.07. The van der Waals surface area contributed by atoms with Crippen LogP contribution in [0.2, 0.25) is 10.0 Å². The van der Waals surface area contributed by atoms with Gasteiger partial charge in [0.2, 0.25) is 0 Å². The van der Waals surface area contributed by atoms with Gasteiger partial charge in [-0.15, -0.1) is 0 Å². The molecule has 6 heteroatoms. The zero-order valence-corrected chi connectivity index (χ0v) is 11.7. The summed E-state index contributed by atoms with van der Waals surface area (Å²) in [6.45, 7) is -0.0758. The van der Waals surface area contributed by atoms with Crippen molar-refractivity contribution in [2.24, 2.45) is 0 Å². The number of carbonyl (C=O) groups excluding carboxylic acids is 1. The second-order valence-electron chi connectivity index (χ2n) is 4.06. The second-order valence-corrected chi connectivity index (χ2v) is 4.88. The van der Waals surface area contributed by atoms with Gasteiger partial charge in [0.15, 0.2) is 0 Å². The molecule has 0 radical (unpaired) electrons. The highest BCUT2D eigenvalue weighted by molar-refractivity contribution is 6.33. The molecule has 0 heterocycles. The van der Waals surface area contributed by atoms with Crippen LogP contribution < -0.4 is 5.73 Å². The van der Waals surface area contributed by atoms with E-state index in [4.69, 9.17) is 33.7 Å². The maximum Gasteiger partial charge on any atom is 0.339 e. The summed E-state index contributed by atoms with van der Waals surface area (Å²) in [5.74, 6) is -1.17. The predicted molar refractivity (Wildman–Crippen MR) is 76.4 cm³/mol. The SMILES string of the molecule is Nc1ccc(C(=O)OCc2ccc(Cl)c(F)c2)c(Cl)c1. The van der Waals surface area contributed by atoms with Gasteiger partial charge in [-0.2, -0.15) is 0 Å². The molecule has 2 rings (SSSR count). The van der Waals surface area contributed by atoms with Gasteiger partial charge in [0.1, 0.15) is 12.4 Å². The van der Waals surface area contributed by atoms with Gasteiger partial charge in [0, 0.05) is 5.69 Å². The van der Waals surface area contributed by atoms with E-state index in [0.717, 1.165) is 0 Å². The van der Waals surface area contributed by atoms with Crippen LogP contribution >= 0.6 is 23.2 Å². The molecule has 104 valence electrons. The van der Waals surface area contributed by atoms with E-state index in [1.165, 1.54) is 24.3 Å². The Labute approximate surface area is 125 Å². The molecule has 3 nitrogen and oxygen atoms in total. The first-order valence-electron chi connectivity index (χ1n) is 5.63. The molecule has 0 aliphatic heterocycles. The minimum atomic E-state index is -0.606. The number of anilines is 1. The molecule has 0 unspecified atom stereocenters. The summed E-state index contributed by atoms with van der Waals surface area (Å²) in [5, 5.41) is 0.221. The van der Waals surface area contributed by atoms with Gasteiger partial charge in [0.05, 0.1) is 15.6 Å². The highest BCUT2D eigenvalue weighted by Crippen LogP contribution is 2.21. The number of ether oxygens (including phenoxy) is 1. The topological polar surface area (TPSA) is 52.3 Å². The molecule has 0 fully saturated rings. The lowest BCUT2D eigenvalue weighted by Gasteiger charge is -2.07. The highest BCUT2D eigenvalue weighted by Gasteiger charge is 2.12. The molecule has 0 atom stereocenters. The van der Waals surface area contributed by atoms with E-state index in [1.807, 2.05) is 0 Å². The zero-order valence-electron chi connectivity index (χ0n) is 10.2. The van der Waals surface area contributed by atoms with Gasteiger partial charge in [-0.1, -0.05) is 29.3 Å². The van der Waals surface area contributed by atoms with Crippen molar-refractivity contribution in [2.75, 3.05) is 5.73 Å². The minimum absolute atomic E-state index is 0.0154. The van der Waals surface area contributed by atoms with Crippen LogP contribution in [0.15, 0.2) is 36.4 Å². The first kappa shape index (κ1) is 14.6. The third-order valence-corrected chi connectivity index (χ3v) is 3.19. The Morgan fingerprint density at radius 2 is 1.90 bits per heavy atom. The molecule has 2 N–H and O–H groups in total. The summed E-state index contributed by atoms with van der Waals surface area (Å²) in [6, 6.07) is 8.66. The van der Waals surface area contributed by atoms with Crippen molar-refractivity contribution in [3.63, 3.8) is 0 Å². The molecule has 0 amide bonds. The minimum Gasteiger partial charge on any atom is -0.457 e. The van der Waals surface area contributed by atoms with E-state index in [9.17, 15) is 9.18 Å². The Balaban J connectivity index is 2.06. The van der Waals surface area contributed by atoms with Gasteiger partial charge in [0.25, 0.3) is 0 Å². The van der Waals surface area contributed by atoms with Crippen molar-refractivity contribution >= 4 is 34.9 Å². The van der Waals surface area contributed by atoms with Crippen LogP contribution in [0.4, 0.5) is 10.1 Å². The van der Waals surface area contributed by atoms with Crippen molar-refractivity contribution in [2.45, 2.75) is 6.61 Å². The summed E-state index contributed by atoms with van der Waals surface area (Å²) in [7, 11) is 0. The second kappa shape index (κ2) is 6.11. The first-order chi connectivity index (χ1) is 9.47. The van der Waals surface area contributed by atoms with Crippen LogP contribution in [0.1, 0.15) is 15.9 Å². The van der Waals surface area contributed by atoms with Crippen molar-refractivity contribution in [3.05, 3.63) is 63.4 Å². The summed E-state index contributed by atoms with van der Waals surface area (Å²) in [4.78, 5) is 11.8. The number of nitrogen functional groups attached to an aromatic ring is 1. The summed E-state index contributed by atoms with van der Waals surface area (Å²) < 4.78 is 18.3. The van der Waals surface area contributed by atoms with Gasteiger partial charge < -0.3 is 10.5 Å². The summed E-state index contributed by atoms with van der Waals surface area (Å²) >= 11 is 11.5. The van der Waals surface area contributed by atoms with E-state index >= 15 is 0 Å². The largest absolute Gasteiger partial charge is 0.457 e. The number of hydrogen-bond donors (Lipinski definition) is 1. The molecule has 0 aliphatic rings. The Hall–Kier alpha value is -1.78. The van der Waals surface area contributed by atoms with E-state index in [1.54, 1.807) is 12.1 Å². The molecule has 0 spiro atoms. The number of halogens is 3. The monoisotopic (exact) mass is 313 g/mol. The van der Waals surface area contributed by atoms with Crippen LogP contribution in [0.5, 0.6) is 0 Å². The number of nitrogens with two attached hydrogens (primary N) is 1. The van der Waals surface area contributed by atoms with Crippen LogP contribution in [-0.2, 0) is 11.3 Å². The summed E-state index contributed by atoms with van der Waals surface area (Å²) in [5.41, 5.74) is 6.68. The Kier molecular flexibility index (Phi) is 4.47. The molecule has 20 heavy (non-hydrogen) atoms. The lowest BCUT2D eigenvalue weighted by Crippen LogP contribution is -2.06. The van der Waals surface area contributed by atoms with Crippen LogP contribution in [0.25, 0.3) is 0 Å². The molecule has 2 aromatic carbocycles. The standard InChI is InChI=1S/C14H10Cl2FNO2/c15-11-4-1-8(5-13(11)17)7-20-14(19)10-3-2-9(18)6-12(10)16/h1-6H,7,18H2. The quantitative estimate of drug-likeness (QED) is 0.686. The Morgan fingerprint density at radius 1 is 1.15 bits per heavy atom. The maximum atomic E-state index is 13.2. The number of hydrogen-bond acceptors (Lipinski definition) is 3. The zero-order chi connectivity index (χ0) is 14.7. The Morgan fingerprint density at radius 3 is 2.55 bits per heavy atom. The molecule has 2 aromatic rings. The lowest BCUT2D eigenvalue weighted by atomic mass is 10.2. The number of esters is 1. The fraction of sp³-hybridized carbons (Fsp3) is 0.0714. The first-order valence-corrected chi connectivity index (χ1v) is 6.39. The fourth-order valence-electron chi connectivity index (χ4n) is 1.55. The third-order valence-electron chi connectivity index (χ3n) is 2.57. The Bertz CT molecular complexity index is 662. The lowest BCUT2D eigenvalue weighted by molar-refractivity contribution is 0.0472. The molecular weight excluding hydrogens is 304 g/mol. The fourth-order valence-corrected chi connectivity index (χ4v) is 1.94. The van der Waals surface area contributed by atoms with Crippen molar-refractivity contribution in [1.29, 1.82) is 0 Å². The van der Waals surface area contributed by atoms with Crippen molar-refractivity contribution in [3.8, 4) is 0 Å². The van der Waals surface area contributed by atoms with Crippen molar-refractivity contribution < 1.29 is 13.9 Å². The number of rotatable bonds is 3. The van der Waals surface area contributed by atoms with E-state index in [0.29, 0.717) is 11.3 Å². The highest BCUT2D eigenvalue weighted by atomic mass is 35.5. The van der Waals surface area contributed by atoms with E-state index < -0.39 is 11.8 Å². The molecule has 0 aliphatic carbocycles. The van der Waals surface area contributed by atoms with E-state index in [-0.39, 0.29) is 22.2 Å². The molecule has 0 saturated heterocycles. The van der Waals surface area contributed by atoms with Gasteiger partial charge in [-0.25, -0.2) is 9.18 Å². The summed E-state index contributed by atoms with van der Waals surface area (Å²) in [6.07, 6.45) is 0. The van der Waals surface area contributed by atoms with Crippen LogP contribution in [0.3, 0.4) is 0 Å². The molecular formula is C14H10Cl2FNO2. The molecule has 0 aromatic heterocycles. The van der Waals surface area contributed by atoms with E-state index in [2.05, 4.69) is 0 Å².